The van der Waals surface area contributed by atoms with Crippen LogP contribution in [0.25, 0.3) is 0 Å². The maximum atomic E-state index is 13.2. The highest BCUT2D eigenvalue weighted by molar-refractivity contribution is 7.98. The number of nitrogens with two attached hydrogens (primary N) is 1. The molecular formula is C26H32F3N7O3S. The van der Waals surface area contributed by atoms with Gasteiger partial charge in [0.05, 0.1) is 5.56 Å². The minimum Gasteiger partial charge on any atom is -0.443 e. The number of carbonyl (C=O) groups excluding carboxylic acids is 2. The smallest absolute Gasteiger partial charge is 0.416 e. The number of thioether (sulfide) groups is 1. The van der Waals surface area contributed by atoms with E-state index < -0.39 is 29.8 Å². The van der Waals surface area contributed by atoms with Gasteiger partial charge in [-0.15, -0.1) is 11.8 Å². The van der Waals surface area contributed by atoms with E-state index in [1.807, 2.05) is 13.0 Å². The van der Waals surface area contributed by atoms with Crippen molar-refractivity contribution in [1.29, 1.82) is 5.26 Å². The maximum Gasteiger partial charge on any atom is 0.416 e. The summed E-state index contributed by atoms with van der Waals surface area (Å²) >= 11 is 1.18. The number of amides is 2. The molecular weight excluding hydrogens is 547 g/mol. The lowest BCUT2D eigenvalue weighted by atomic mass is 10.1. The van der Waals surface area contributed by atoms with E-state index in [0.717, 1.165) is 37.8 Å². The van der Waals surface area contributed by atoms with Gasteiger partial charge in [-0.2, -0.15) is 23.4 Å². The Labute approximate surface area is 234 Å². The van der Waals surface area contributed by atoms with Crippen molar-refractivity contribution in [1.82, 2.24) is 15.3 Å². The number of aromatic nitrogens is 2. The van der Waals surface area contributed by atoms with Crippen LogP contribution in [0.2, 0.25) is 0 Å². The number of ether oxygens (including phenoxy) is 1. The van der Waals surface area contributed by atoms with Crippen LogP contribution in [0, 0.1) is 11.3 Å². The van der Waals surface area contributed by atoms with Crippen molar-refractivity contribution >= 4 is 41.2 Å². The predicted octanol–water partition coefficient (Wildman–Crippen LogP) is 5.32. The molecule has 5 N–H and O–H groups in total. The van der Waals surface area contributed by atoms with Crippen LogP contribution in [-0.4, -0.2) is 46.4 Å². The summed E-state index contributed by atoms with van der Waals surface area (Å²) in [5.74, 6) is -0.702. The molecule has 0 radical (unpaired) electrons. The first-order valence-electron chi connectivity index (χ1n) is 12.8. The molecule has 0 unspecified atom stereocenters. The van der Waals surface area contributed by atoms with Crippen LogP contribution < -0.4 is 21.7 Å². The Hall–Kier alpha value is -3.73. The number of rotatable bonds is 13. The molecule has 2 amide bonds. The van der Waals surface area contributed by atoms with E-state index in [-0.39, 0.29) is 35.0 Å². The van der Waals surface area contributed by atoms with Crippen molar-refractivity contribution in [3.8, 4) is 6.07 Å². The Morgan fingerprint density at radius 1 is 1.27 bits per heavy atom. The minimum absolute atomic E-state index is 0.0374. The van der Waals surface area contributed by atoms with Gasteiger partial charge in [0.2, 0.25) is 11.9 Å². The van der Waals surface area contributed by atoms with Gasteiger partial charge < -0.3 is 26.4 Å². The van der Waals surface area contributed by atoms with E-state index >= 15 is 0 Å². The third kappa shape index (κ3) is 8.64. The molecule has 1 aromatic heterocycles. The summed E-state index contributed by atoms with van der Waals surface area (Å²) < 4.78 is 45.0. The number of unbranched alkanes of at least 4 members (excludes halogenated alkanes) is 1. The summed E-state index contributed by atoms with van der Waals surface area (Å²) in [6, 6.07) is 5.30. The van der Waals surface area contributed by atoms with Crippen LogP contribution in [-0.2, 0) is 15.7 Å². The van der Waals surface area contributed by atoms with E-state index in [1.165, 1.54) is 23.9 Å². The third-order valence-electron chi connectivity index (χ3n) is 6.29. The first-order valence-corrected chi connectivity index (χ1v) is 14.1. The van der Waals surface area contributed by atoms with E-state index in [1.54, 1.807) is 6.26 Å². The minimum atomic E-state index is -4.57. The highest BCUT2D eigenvalue weighted by Gasteiger charge is 2.45. The van der Waals surface area contributed by atoms with Crippen LogP contribution in [0.15, 0.2) is 29.3 Å². The highest BCUT2D eigenvalue weighted by atomic mass is 32.2. The molecule has 0 bridgehead atoms. The van der Waals surface area contributed by atoms with Gasteiger partial charge in [-0.05, 0) is 63.0 Å². The Morgan fingerprint density at radius 3 is 2.65 bits per heavy atom. The van der Waals surface area contributed by atoms with Crippen molar-refractivity contribution in [3.05, 3.63) is 35.4 Å². The molecule has 14 heteroatoms. The number of nitrogen functional groups attached to an aromatic ring is 1. The van der Waals surface area contributed by atoms with E-state index in [0.29, 0.717) is 24.4 Å². The van der Waals surface area contributed by atoms with Gasteiger partial charge >= 0.3 is 12.3 Å². The van der Waals surface area contributed by atoms with Crippen molar-refractivity contribution in [3.63, 3.8) is 0 Å². The SMILES string of the molecule is CCCC1(OC(=O)NCCCC[C@H](Nc2nc(N)nc(SC)c2C#N)C(=O)Nc2cccc(C(F)(F)F)c2)CC1. The fourth-order valence-electron chi connectivity index (χ4n) is 4.14. The van der Waals surface area contributed by atoms with Gasteiger partial charge in [0, 0.05) is 12.2 Å². The molecule has 10 nitrogen and oxygen atoms in total. The lowest BCUT2D eigenvalue weighted by Crippen LogP contribution is -2.36. The van der Waals surface area contributed by atoms with Crippen LogP contribution in [0.1, 0.15) is 63.0 Å². The van der Waals surface area contributed by atoms with Gasteiger partial charge in [0.1, 0.15) is 28.3 Å². The number of nitriles is 1. The topological polar surface area (TPSA) is 155 Å². The van der Waals surface area contributed by atoms with Crippen LogP contribution in [0.5, 0.6) is 0 Å². The first kappa shape index (κ1) is 30.8. The quantitative estimate of drug-likeness (QED) is 0.140. The van der Waals surface area contributed by atoms with Crippen molar-refractivity contribution in [2.45, 2.75) is 74.7 Å². The number of nitrogens with one attached hydrogen (secondary N) is 3. The number of carbonyl (C=O) groups is 2. The predicted molar refractivity (Wildman–Crippen MR) is 146 cm³/mol. The standard InChI is InChI=1S/C26H32F3N7O3S/c1-3-10-25(11-12-25)39-24(38)32-13-5-4-9-19(34-20-18(15-30)22(40-2)36-23(31)35-20)21(37)33-17-8-6-7-16(14-17)26(27,28)29/h6-8,14,19H,3-5,9-13H2,1-2H3,(H,32,38)(H,33,37)(H3,31,34,35,36)/t19-/m0/s1. The van der Waals surface area contributed by atoms with Crippen molar-refractivity contribution in [2.75, 3.05) is 29.2 Å². The molecule has 2 aromatic rings. The highest BCUT2D eigenvalue weighted by Crippen LogP contribution is 2.43. The van der Waals surface area contributed by atoms with Crippen LogP contribution in [0.3, 0.4) is 0 Å². The number of alkyl halides is 3. The summed E-state index contributed by atoms with van der Waals surface area (Å²) in [5.41, 5.74) is 4.58. The number of halogens is 3. The van der Waals surface area contributed by atoms with Gasteiger partial charge in [0.25, 0.3) is 0 Å². The number of benzene rings is 1. The first-order chi connectivity index (χ1) is 19.0. The van der Waals surface area contributed by atoms with Gasteiger partial charge in [0.15, 0.2) is 5.82 Å². The molecule has 1 saturated carbocycles. The van der Waals surface area contributed by atoms with E-state index in [9.17, 15) is 28.0 Å². The molecule has 1 aliphatic carbocycles. The maximum absolute atomic E-state index is 13.2. The van der Waals surface area contributed by atoms with Gasteiger partial charge in [-0.25, -0.2) is 9.78 Å². The van der Waals surface area contributed by atoms with Crippen molar-refractivity contribution in [2.24, 2.45) is 0 Å². The molecule has 1 atom stereocenters. The summed E-state index contributed by atoms with van der Waals surface area (Å²) in [4.78, 5) is 33.4. The average Bonchev–Trinajstić information content (AvgIpc) is 3.65. The number of nitrogens with zero attached hydrogens (tertiary/aromatic N) is 3. The normalized spacial score (nSPS) is 14.5. The fourth-order valence-corrected chi connectivity index (χ4v) is 4.67. The average molecular weight is 580 g/mol. The van der Waals surface area contributed by atoms with Crippen LogP contribution >= 0.6 is 11.8 Å². The lowest BCUT2D eigenvalue weighted by Gasteiger charge is -2.21. The zero-order valence-corrected chi connectivity index (χ0v) is 23.0. The molecule has 0 spiro atoms. The second kappa shape index (κ2) is 13.6. The summed E-state index contributed by atoms with van der Waals surface area (Å²) in [6.45, 7) is 2.34. The zero-order chi connectivity index (χ0) is 29.3. The number of hydrogen-bond donors (Lipinski definition) is 4. The number of hydrogen-bond acceptors (Lipinski definition) is 9. The Balaban J connectivity index is 1.68. The molecule has 3 rings (SSSR count). The molecule has 0 saturated heterocycles. The fraction of sp³-hybridized carbons (Fsp3) is 0.500. The van der Waals surface area contributed by atoms with Gasteiger partial charge in [-0.1, -0.05) is 19.4 Å². The van der Waals surface area contributed by atoms with Crippen molar-refractivity contribution < 1.29 is 27.5 Å². The second-order valence-electron chi connectivity index (χ2n) is 9.44. The number of anilines is 3. The van der Waals surface area contributed by atoms with E-state index in [2.05, 4.69) is 25.9 Å². The largest absolute Gasteiger partial charge is 0.443 e. The van der Waals surface area contributed by atoms with Gasteiger partial charge in [-0.3, -0.25) is 4.79 Å². The third-order valence-corrected chi connectivity index (χ3v) is 6.98. The lowest BCUT2D eigenvalue weighted by molar-refractivity contribution is -0.137. The van der Waals surface area contributed by atoms with E-state index in [4.69, 9.17) is 10.5 Å². The molecule has 1 aliphatic rings. The zero-order valence-electron chi connectivity index (χ0n) is 22.2. The molecule has 216 valence electrons. The summed E-state index contributed by atoms with van der Waals surface area (Å²) in [7, 11) is 0. The Morgan fingerprint density at radius 2 is 2.02 bits per heavy atom. The summed E-state index contributed by atoms with van der Waals surface area (Å²) in [5, 5.41) is 18.1. The molecule has 1 heterocycles. The second-order valence-corrected chi connectivity index (χ2v) is 10.2. The molecule has 40 heavy (non-hydrogen) atoms. The molecule has 1 aromatic carbocycles. The summed E-state index contributed by atoms with van der Waals surface area (Å²) in [6.07, 6.45) is 1.28. The molecule has 1 fully saturated rings. The molecule has 0 aliphatic heterocycles. The monoisotopic (exact) mass is 579 g/mol. The van der Waals surface area contributed by atoms with Crippen LogP contribution in [0.4, 0.5) is 35.4 Å². The number of alkyl carbamates (subject to hydrolysis) is 1. The Bertz CT molecular complexity index is 1250. The Kier molecular flexibility index (Phi) is 10.4.